The van der Waals surface area contributed by atoms with E-state index in [0.717, 1.165) is 0 Å². The number of hydrogen-bond acceptors (Lipinski definition) is 4. The topological polar surface area (TPSA) is 84.0 Å². The Morgan fingerprint density at radius 3 is 2.61 bits per heavy atom. The summed E-state index contributed by atoms with van der Waals surface area (Å²) >= 11 is 5.64. The largest absolute Gasteiger partial charge is 0.352 e. The van der Waals surface area contributed by atoms with E-state index in [0.29, 0.717) is 5.69 Å². The van der Waals surface area contributed by atoms with E-state index in [1.807, 2.05) is 13.8 Å². The van der Waals surface area contributed by atoms with Crippen LogP contribution in [-0.4, -0.2) is 34.4 Å². The van der Waals surface area contributed by atoms with E-state index < -0.39 is 5.91 Å². The molecule has 1 aromatic heterocycles. The van der Waals surface area contributed by atoms with Crippen LogP contribution < -0.4 is 10.6 Å². The van der Waals surface area contributed by atoms with Crippen molar-refractivity contribution in [3.63, 3.8) is 0 Å². The Labute approximate surface area is 110 Å². The zero-order valence-electron chi connectivity index (χ0n) is 10.5. The first kappa shape index (κ1) is 14.4. The van der Waals surface area contributed by atoms with Gasteiger partial charge in [-0.05, 0) is 38.4 Å². The molecule has 18 heavy (non-hydrogen) atoms. The first-order valence-corrected chi connectivity index (χ1v) is 5.85. The predicted molar refractivity (Wildman–Crippen MR) is 67.4 cm³/mol. The number of amides is 2. The third-order valence-electron chi connectivity index (χ3n) is 1.92. The third kappa shape index (κ3) is 4.67. The SMILES string of the molecule is Cc1cc(C(=O)NCC(=O)NC(C)C)nc(Cl)n1. The van der Waals surface area contributed by atoms with E-state index in [-0.39, 0.29) is 29.5 Å². The van der Waals surface area contributed by atoms with E-state index in [1.165, 1.54) is 6.07 Å². The maximum absolute atomic E-state index is 11.7. The second-order valence-electron chi connectivity index (χ2n) is 4.07. The van der Waals surface area contributed by atoms with E-state index in [2.05, 4.69) is 20.6 Å². The molecule has 1 rings (SSSR count). The zero-order chi connectivity index (χ0) is 13.7. The van der Waals surface area contributed by atoms with Crippen LogP contribution in [0.4, 0.5) is 0 Å². The Hall–Kier alpha value is -1.69. The highest BCUT2D eigenvalue weighted by Gasteiger charge is 2.11. The molecule has 0 atom stereocenters. The predicted octanol–water partition coefficient (Wildman–Crippen LogP) is 0.693. The fourth-order valence-electron chi connectivity index (χ4n) is 1.27. The van der Waals surface area contributed by atoms with Crippen LogP contribution in [0.3, 0.4) is 0 Å². The lowest BCUT2D eigenvalue weighted by Gasteiger charge is -2.09. The Morgan fingerprint density at radius 2 is 2.06 bits per heavy atom. The zero-order valence-corrected chi connectivity index (χ0v) is 11.2. The van der Waals surface area contributed by atoms with Crippen LogP contribution in [0.2, 0.25) is 5.28 Å². The highest BCUT2D eigenvalue weighted by molar-refractivity contribution is 6.28. The van der Waals surface area contributed by atoms with Gasteiger partial charge in [0.1, 0.15) is 5.69 Å². The van der Waals surface area contributed by atoms with Crippen molar-refractivity contribution in [3.05, 3.63) is 22.7 Å². The molecule has 0 saturated carbocycles. The molecule has 0 spiro atoms. The smallest absolute Gasteiger partial charge is 0.270 e. The van der Waals surface area contributed by atoms with Crippen molar-refractivity contribution >= 4 is 23.4 Å². The lowest BCUT2D eigenvalue weighted by molar-refractivity contribution is -0.120. The van der Waals surface area contributed by atoms with Gasteiger partial charge in [0.15, 0.2) is 0 Å². The lowest BCUT2D eigenvalue weighted by Crippen LogP contribution is -2.40. The molecular formula is C11H15ClN4O2. The minimum Gasteiger partial charge on any atom is -0.352 e. The number of carbonyl (C=O) groups is 2. The summed E-state index contributed by atoms with van der Waals surface area (Å²) in [5, 5.41) is 5.12. The molecule has 6 nitrogen and oxygen atoms in total. The molecule has 0 saturated heterocycles. The number of rotatable bonds is 4. The van der Waals surface area contributed by atoms with E-state index in [9.17, 15) is 9.59 Å². The summed E-state index contributed by atoms with van der Waals surface area (Å²) in [6, 6.07) is 1.53. The van der Waals surface area contributed by atoms with Crippen LogP contribution in [0.5, 0.6) is 0 Å². The van der Waals surface area contributed by atoms with E-state index >= 15 is 0 Å². The third-order valence-corrected chi connectivity index (χ3v) is 2.09. The number of halogens is 1. The first-order valence-electron chi connectivity index (χ1n) is 5.47. The van der Waals surface area contributed by atoms with Crippen LogP contribution in [0, 0.1) is 6.92 Å². The van der Waals surface area contributed by atoms with Gasteiger partial charge in [0.25, 0.3) is 5.91 Å². The van der Waals surface area contributed by atoms with Crippen LogP contribution in [0.25, 0.3) is 0 Å². The molecule has 2 N–H and O–H groups in total. The molecule has 0 aromatic carbocycles. The van der Waals surface area contributed by atoms with Crippen molar-refractivity contribution < 1.29 is 9.59 Å². The van der Waals surface area contributed by atoms with Crippen molar-refractivity contribution in [3.8, 4) is 0 Å². The van der Waals surface area contributed by atoms with Crippen molar-refractivity contribution in [1.29, 1.82) is 0 Å². The molecule has 0 unspecified atom stereocenters. The van der Waals surface area contributed by atoms with Crippen LogP contribution in [0.15, 0.2) is 6.07 Å². The fourth-order valence-corrected chi connectivity index (χ4v) is 1.50. The maximum Gasteiger partial charge on any atom is 0.270 e. The van der Waals surface area contributed by atoms with Gasteiger partial charge >= 0.3 is 0 Å². The van der Waals surface area contributed by atoms with Crippen LogP contribution in [-0.2, 0) is 4.79 Å². The van der Waals surface area contributed by atoms with Crippen molar-refractivity contribution in [2.45, 2.75) is 26.8 Å². The molecule has 0 aliphatic heterocycles. The van der Waals surface area contributed by atoms with Gasteiger partial charge in [-0.2, -0.15) is 0 Å². The standard InChI is InChI=1S/C11H15ClN4O2/c1-6(2)14-9(17)5-13-10(18)8-4-7(3)15-11(12)16-8/h4,6H,5H2,1-3H3,(H,13,18)(H,14,17). The Morgan fingerprint density at radius 1 is 1.39 bits per heavy atom. The fraction of sp³-hybridized carbons (Fsp3) is 0.455. The quantitative estimate of drug-likeness (QED) is 0.789. The summed E-state index contributed by atoms with van der Waals surface area (Å²) in [5.41, 5.74) is 0.733. The highest BCUT2D eigenvalue weighted by atomic mass is 35.5. The number of nitrogens with one attached hydrogen (secondary N) is 2. The second kappa shape index (κ2) is 6.30. The average Bonchev–Trinajstić information content (AvgIpc) is 2.23. The van der Waals surface area contributed by atoms with E-state index in [4.69, 9.17) is 11.6 Å². The van der Waals surface area contributed by atoms with Gasteiger partial charge in [0.2, 0.25) is 11.2 Å². The Balaban J connectivity index is 2.58. The summed E-state index contributed by atoms with van der Waals surface area (Å²) < 4.78 is 0. The molecule has 7 heteroatoms. The van der Waals surface area contributed by atoms with Crippen molar-refractivity contribution in [2.24, 2.45) is 0 Å². The molecule has 0 aliphatic rings. The monoisotopic (exact) mass is 270 g/mol. The van der Waals surface area contributed by atoms with Crippen molar-refractivity contribution in [2.75, 3.05) is 6.54 Å². The normalized spacial score (nSPS) is 10.3. The van der Waals surface area contributed by atoms with Gasteiger partial charge in [-0.25, -0.2) is 9.97 Å². The maximum atomic E-state index is 11.7. The number of aromatic nitrogens is 2. The van der Waals surface area contributed by atoms with Crippen molar-refractivity contribution in [1.82, 2.24) is 20.6 Å². The summed E-state index contributed by atoms with van der Waals surface area (Å²) in [6.07, 6.45) is 0. The lowest BCUT2D eigenvalue weighted by atomic mass is 10.3. The summed E-state index contributed by atoms with van der Waals surface area (Å²) in [7, 11) is 0. The second-order valence-corrected chi connectivity index (χ2v) is 4.41. The highest BCUT2D eigenvalue weighted by Crippen LogP contribution is 2.04. The van der Waals surface area contributed by atoms with Gasteiger partial charge in [-0.15, -0.1) is 0 Å². The molecule has 0 bridgehead atoms. The van der Waals surface area contributed by atoms with Gasteiger partial charge in [-0.1, -0.05) is 0 Å². The van der Waals surface area contributed by atoms with Gasteiger partial charge in [-0.3, -0.25) is 9.59 Å². The Bertz CT molecular complexity index is 442. The molecule has 1 heterocycles. The molecular weight excluding hydrogens is 256 g/mol. The molecule has 2 amide bonds. The first-order chi connectivity index (χ1) is 8.38. The molecule has 1 aromatic rings. The number of hydrogen-bond donors (Lipinski definition) is 2. The summed E-state index contributed by atoms with van der Waals surface area (Å²) in [5.74, 6) is -0.712. The average molecular weight is 271 g/mol. The molecule has 98 valence electrons. The molecule has 0 radical (unpaired) electrons. The summed E-state index contributed by atoms with van der Waals surface area (Å²) in [6.45, 7) is 5.29. The summed E-state index contributed by atoms with van der Waals surface area (Å²) in [4.78, 5) is 30.7. The minimum absolute atomic E-state index is 0.00628. The minimum atomic E-state index is -0.457. The number of nitrogens with zero attached hydrogens (tertiary/aromatic N) is 2. The van der Waals surface area contributed by atoms with Gasteiger partial charge < -0.3 is 10.6 Å². The number of carbonyl (C=O) groups excluding carboxylic acids is 2. The molecule has 0 aliphatic carbocycles. The number of aryl methyl sites for hydroxylation is 1. The van der Waals surface area contributed by atoms with Gasteiger partial charge in [0.05, 0.1) is 6.54 Å². The van der Waals surface area contributed by atoms with Gasteiger partial charge in [0, 0.05) is 11.7 Å². The van der Waals surface area contributed by atoms with Crippen LogP contribution in [0.1, 0.15) is 30.0 Å². The molecule has 0 fully saturated rings. The van der Waals surface area contributed by atoms with Crippen LogP contribution >= 0.6 is 11.6 Å². The van der Waals surface area contributed by atoms with E-state index in [1.54, 1.807) is 6.92 Å². The Kier molecular flexibility index (Phi) is 5.03.